The van der Waals surface area contributed by atoms with E-state index >= 15 is 0 Å². The molecule has 16 heavy (non-hydrogen) atoms. The SMILES string of the molecule is CCC1(C)NC(=O)N(CCC(C)(C)O)C1=O. The molecule has 1 aliphatic rings. The molecule has 0 aliphatic carbocycles. The Morgan fingerprint density at radius 3 is 2.38 bits per heavy atom. The van der Waals surface area contributed by atoms with Gasteiger partial charge in [0.25, 0.3) is 5.91 Å². The van der Waals surface area contributed by atoms with Crippen LogP contribution in [0, 0.1) is 0 Å². The molecule has 0 bridgehead atoms. The van der Waals surface area contributed by atoms with Gasteiger partial charge in [-0.25, -0.2) is 4.79 Å². The maximum Gasteiger partial charge on any atom is 0.325 e. The van der Waals surface area contributed by atoms with Crippen molar-refractivity contribution in [2.24, 2.45) is 0 Å². The number of imide groups is 1. The van der Waals surface area contributed by atoms with Crippen LogP contribution >= 0.6 is 0 Å². The maximum absolute atomic E-state index is 11.9. The Bertz CT molecular complexity index is 309. The van der Waals surface area contributed by atoms with E-state index in [2.05, 4.69) is 5.32 Å². The molecule has 1 heterocycles. The van der Waals surface area contributed by atoms with Gasteiger partial charge in [0.2, 0.25) is 0 Å². The zero-order valence-electron chi connectivity index (χ0n) is 10.3. The largest absolute Gasteiger partial charge is 0.390 e. The van der Waals surface area contributed by atoms with Gasteiger partial charge in [-0.1, -0.05) is 6.92 Å². The van der Waals surface area contributed by atoms with Crippen molar-refractivity contribution >= 4 is 11.9 Å². The minimum Gasteiger partial charge on any atom is -0.390 e. The lowest BCUT2D eigenvalue weighted by molar-refractivity contribution is -0.131. The van der Waals surface area contributed by atoms with Crippen molar-refractivity contribution in [1.82, 2.24) is 10.2 Å². The van der Waals surface area contributed by atoms with Gasteiger partial charge < -0.3 is 10.4 Å². The summed E-state index contributed by atoms with van der Waals surface area (Å²) in [5.41, 5.74) is -1.65. The highest BCUT2D eigenvalue weighted by Gasteiger charge is 2.46. The van der Waals surface area contributed by atoms with Crippen LogP contribution in [-0.4, -0.2) is 39.6 Å². The Balaban J connectivity index is 2.69. The van der Waals surface area contributed by atoms with E-state index in [1.54, 1.807) is 20.8 Å². The number of nitrogens with zero attached hydrogens (tertiary/aromatic N) is 1. The number of nitrogens with one attached hydrogen (secondary N) is 1. The average molecular weight is 228 g/mol. The lowest BCUT2D eigenvalue weighted by atomic mass is 9.99. The second-order valence-electron chi connectivity index (χ2n) is 5.14. The van der Waals surface area contributed by atoms with E-state index in [0.29, 0.717) is 12.8 Å². The average Bonchev–Trinajstić information content (AvgIpc) is 2.35. The Morgan fingerprint density at radius 1 is 1.44 bits per heavy atom. The molecule has 0 saturated carbocycles. The highest BCUT2D eigenvalue weighted by molar-refractivity contribution is 6.06. The quantitative estimate of drug-likeness (QED) is 0.701. The maximum atomic E-state index is 11.9. The van der Waals surface area contributed by atoms with Crippen LogP contribution in [0.4, 0.5) is 4.79 Å². The first-order valence-corrected chi connectivity index (χ1v) is 5.56. The Morgan fingerprint density at radius 2 is 2.00 bits per heavy atom. The fourth-order valence-electron chi connectivity index (χ4n) is 1.58. The molecule has 5 heteroatoms. The highest BCUT2D eigenvalue weighted by Crippen LogP contribution is 2.22. The molecule has 92 valence electrons. The van der Waals surface area contributed by atoms with Gasteiger partial charge >= 0.3 is 6.03 Å². The predicted molar refractivity (Wildman–Crippen MR) is 59.9 cm³/mol. The van der Waals surface area contributed by atoms with Gasteiger partial charge in [-0.15, -0.1) is 0 Å². The van der Waals surface area contributed by atoms with Gasteiger partial charge in [-0.2, -0.15) is 0 Å². The molecule has 0 aromatic heterocycles. The van der Waals surface area contributed by atoms with Gasteiger partial charge in [0, 0.05) is 6.54 Å². The molecule has 1 rings (SSSR count). The van der Waals surface area contributed by atoms with E-state index in [9.17, 15) is 14.7 Å². The fourth-order valence-corrected chi connectivity index (χ4v) is 1.58. The number of carbonyl (C=O) groups excluding carboxylic acids is 2. The van der Waals surface area contributed by atoms with Crippen molar-refractivity contribution in [3.8, 4) is 0 Å². The number of hydrogen-bond donors (Lipinski definition) is 2. The van der Waals surface area contributed by atoms with Crippen molar-refractivity contribution in [2.75, 3.05) is 6.54 Å². The Hall–Kier alpha value is -1.10. The zero-order chi connectivity index (χ0) is 12.6. The van der Waals surface area contributed by atoms with Crippen LogP contribution in [0.15, 0.2) is 0 Å². The van der Waals surface area contributed by atoms with Crippen LogP contribution in [-0.2, 0) is 4.79 Å². The molecule has 0 radical (unpaired) electrons. The van der Waals surface area contributed by atoms with Gasteiger partial charge in [-0.05, 0) is 33.6 Å². The summed E-state index contributed by atoms with van der Waals surface area (Å²) in [7, 11) is 0. The summed E-state index contributed by atoms with van der Waals surface area (Å²) in [6.45, 7) is 7.15. The van der Waals surface area contributed by atoms with Crippen molar-refractivity contribution in [3.63, 3.8) is 0 Å². The summed E-state index contributed by atoms with van der Waals surface area (Å²) in [5, 5.41) is 12.2. The molecule has 1 atom stereocenters. The normalized spacial score (nSPS) is 26.2. The second kappa shape index (κ2) is 4.05. The zero-order valence-corrected chi connectivity index (χ0v) is 10.3. The number of rotatable bonds is 4. The molecule has 1 saturated heterocycles. The van der Waals surface area contributed by atoms with Crippen molar-refractivity contribution in [3.05, 3.63) is 0 Å². The third-order valence-electron chi connectivity index (χ3n) is 3.00. The van der Waals surface area contributed by atoms with Crippen LogP contribution in [0.2, 0.25) is 0 Å². The lowest BCUT2D eigenvalue weighted by Crippen LogP contribution is -2.43. The first-order valence-electron chi connectivity index (χ1n) is 5.56. The lowest BCUT2D eigenvalue weighted by Gasteiger charge is -2.22. The van der Waals surface area contributed by atoms with Crippen LogP contribution < -0.4 is 5.32 Å². The molecule has 1 unspecified atom stereocenters. The third-order valence-corrected chi connectivity index (χ3v) is 3.00. The van der Waals surface area contributed by atoms with E-state index in [1.165, 1.54) is 4.90 Å². The van der Waals surface area contributed by atoms with Gasteiger partial charge in [0.05, 0.1) is 5.60 Å². The number of carbonyl (C=O) groups is 2. The molecule has 5 nitrogen and oxygen atoms in total. The van der Waals surface area contributed by atoms with Crippen molar-refractivity contribution in [1.29, 1.82) is 0 Å². The summed E-state index contributed by atoms with van der Waals surface area (Å²) in [6.07, 6.45) is 0.947. The van der Waals surface area contributed by atoms with Crippen LogP contribution in [0.3, 0.4) is 0 Å². The second-order valence-corrected chi connectivity index (χ2v) is 5.14. The van der Waals surface area contributed by atoms with E-state index in [1.807, 2.05) is 6.92 Å². The molecule has 1 aliphatic heterocycles. The molecular weight excluding hydrogens is 208 g/mol. The molecular formula is C11H20N2O3. The Labute approximate surface area is 95.8 Å². The molecule has 3 amide bonds. The minimum absolute atomic E-state index is 0.204. The topological polar surface area (TPSA) is 69.6 Å². The summed E-state index contributed by atoms with van der Waals surface area (Å²) >= 11 is 0. The summed E-state index contributed by atoms with van der Waals surface area (Å²) in [6, 6.07) is -0.362. The van der Waals surface area contributed by atoms with Gasteiger partial charge in [-0.3, -0.25) is 9.69 Å². The smallest absolute Gasteiger partial charge is 0.325 e. The van der Waals surface area contributed by atoms with Crippen molar-refractivity contribution in [2.45, 2.75) is 51.7 Å². The van der Waals surface area contributed by atoms with Gasteiger partial charge in [0.1, 0.15) is 5.54 Å². The predicted octanol–water partition coefficient (Wildman–Crippen LogP) is 0.868. The molecule has 0 aromatic carbocycles. The first kappa shape index (κ1) is 13.0. The van der Waals surface area contributed by atoms with E-state index in [0.717, 1.165) is 0 Å². The van der Waals surface area contributed by atoms with Crippen LogP contribution in [0.1, 0.15) is 40.5 Å². The van der Waals surface area contributed by atoms with E-state index in [-0.39, 0.29) is 18.5 Å². The number of amides is 3. The number of urea groups is 1. The first-order chi connectivity index (χ1) is 7.19. The monoisotopic (exact) mass is 228 g/mol. The fraction of sp³-hybridized carbons (Fsp3) is 0.818. The molecule has 0 spiro atoms. The number of hydrogen-bond acceptors (Lipinski definition) is 3. The van der Waals surface area contributed by atoms with E-state index < -0.39 is 11.1 Å². The minimum atomic E-state index is -0.869. The third kappa shape index (κ3) is 2.52. The molecule has 0 aromatic rings. The standard InChI is InChI=1S/C11H20N2O3/c1-5-11(4)8(14)13(9(15)12-11)7-6-10(2,3)16/h16H,5-7H2,1-4H3,(H,12,15). The molecule has 2 N–H and O–H groups in total. The summed E-state index contributed by atoms with van der Waals surface area (Å²) in [5.74, 6) is -0.204. The Kier molecular flexibility index (Phi) is 3.28. The number of aliphatic hydroxyl groups is 1. The molecule has 1 fully saturated rings. The summed E-state index contributed by atoms with van der Waals surface area (Å²) < 4.78 is 0. The van der Waals surface area contributed by atoms with Crippen molar-refractivity contribution < 1.29 is 14.7 Å². The van der Waals surface area contributed by atoms with Crippen LogP contribution in [0.25, 0.3) is 0 Å². The highest BCUT2D eigenvalue weighted by atomic mass is 16.3. The van der Waals surface area contributed by atoms with Crippen LogP contribution in [0.5, 0.6) is 0 Å². The summed E-state index contributed by atoms with van der Waals surface area (Å²) in [4.78, 5) is 24.7. The van der Waals surface area contributed by atoms with Gasteiger partial charge in [0.15, 0.2) is 0 Å². The van der Waals surface area contributed by atoms with E-state index in [4.69, 9.17) is 0 Å².